The Balaban J connectivity index is 1.15. The average molecular weight is 812 g/mol. The summed E-state index contributed by atoms with van der Waals surface area (Å²) in [4.78, 5) is 2.58. The molecule has 1 saturated carbocycles. The highest BCUT2D eigenvalue weighted by Crippen LogP contribution is 2.51. The molecule has 0 radical (unpaired) electrons. The van der Waals surface area contributed by atoms with Crippen molar-refractivity contribution in [3.63, 3.8) is 0 Å². The molecule has 1 nitrogen and oxygen atoms in total. The SMILES string of the molecule is c1ccc(N(c2ccccc2-c2cccc3c2sc2ccccc23)c2ccccc2-c2cccc3cccc(C4CCCCC4)c23)c(-c2cccc3c2ccc2ccccc23)c1. The van der Waals surface area contributed by atoms with Crippen molar-refractivity contribution in [2.45, 2.75) is 38.0 Å². The summed E-state index contributed by atoms with van der Waals surface area (Å²) in [6.45, 7) is 0. The van der Waals surface area contributed by atoms with E-state index >= 15 is 0 Å². The van der Waals surface area contributed by atoms with Crippen molar-refractivity contribution >= 4 is 80.9 Å². The summed E-state index contributed by atoms with van der Waals surface area (Å²) in [6.07, 6.45) is 6.46. The van der Waals surface area contributed by atoms with E-state index in [1.165, 1.54) is 124 Å². The molecule has 1 aliphatic carbocycles. The summed E-state index contributed by atoms with van der Waals surface area (Å²) in [5.41, 5.74) is 12.4. The number of hydrogen-bond acceptors (Lipinski definition) is 2. The second-order valence-corrected chi connectivity index (χ2v) is 18.0. The van der Waals surface area contributed by atoms with Gasteiger partial charge in [0, 0.05) is 42.4 Å². The molecule has 0 amide bonds. The lowest BCUT2D eigenvalue weighted by Crippen LogP contribution is -2.14. The lowest BCUT2D eigenvalue weighted by molar-refractivity contribution is 0.445. The number of para-hydroxylation sites is 3. The van der Waals surface area contributed by atoms with Crippen LogP contribution in [0.2, 0.25) is 0 Å². The lowest BCUT2D eigenvalue weighted by Gasteiger charge is -2.32. The third kappa shape index (κ3) is 6.12. The maximum absolute atomic E-state index is 2.58. The van der Waals surface area contributed by atoms with Crippen LogP contribution in [0.25, 0.3) is 85.9 Å². The van der Waals surface area contributed by atoms with E-state index in [4.69, 9.17) is 0 Å². The summed E-state index contributed by atoms with van der Waals surface area (Å²) in [5.74, 6) is 0.572. The second-order valence-electron chi connectivity index (χ2n) is 16.9. The molecule has 1 aromatic heterocycles. The van der Waals surface area contributed by atoms with Gasteiger partial charge in [-0.3, -0.25) is 0 Å². The zero-order valence-electron chi connectivity index (χ0n) is 34.6. The van der Waals surface area contributed by atoms with Gasteiger partial charge in [0.2, 0.25) is 0 Å². The molecule has 11 aromatic rings. The highest BCUT2D eigenvalue weighted by atomic mass is 32.1. The average Bonchev–Trinajstić information content (AvgIpc) is 3.73. The molecule has 0 saturated heterocycles. The van der Waals surface area contributed by atoms with E-state index in [9.17, 15) is 0 Å². The van der Waals surface area contributed by atoms with Gasteiger partial charge in [0.15, 0.2) is 0 Å². The fourth-order valence-corrected chi connectivity index (χ4v) is 11.9. The minimum atomic E-state index is 0.572. The highest BCUT2D eigenvalue weighted by molar-refractivity contribution is 7.26. The number of thiophene rings is 1. The van der Waals surface area contributed by atoms with Crippen LogP contribution in [-0.2, 0) is 0 Å². The predicted molar refractivity (Wildman–Crippen MR) is 269 cm³/mol. The van der Waals surface area contributed by atoms with Crippen LogP contribution in [-0.4, -0.2) is 0 Å². The number of nitrogens with zero attached hydrogens (tertiary/aromatic N) is 1. The third-order valence-corrected chi connectivity index (χ3v) is 14.7. The van der Waals surface area contributed by atoms with Gasteiger partial charge >= 0.3 is 0 Å². The Kier molecular flexibility index (Phi) is 9.19. The molecule has 0 atom stereocenters. The molecule has 296 valence electrons. The van der Waals surface area contributed by atoms with Gasteiger partial charge in [-0.15, -0.1) is 11.3 Å². The molecule has 10 aromatic carbocycles. The normalized spacial score (nSPS) is 13.4. The first-order valence-corrected chi connectivity index (χ1v) is 23.0. The molecule has 1 fully saturated rings. The number of fused-ring (bicyclic) bond motifs is 7. The zero-order chi connectivity index (χ0) is 41.0. The second kappa shape index (κ2) is 15.5. The Morgan fingerprint density at radius 2 is 0.855 bits per heavy atom. The molecular formula is C60H45NS. The lowest BCUT2D eigenvalue weighted by atomic mass is 9.80. The van der Waals surface area contributed by atoms with Crippen LogP contribution in [0.15, 0.2) is 206 Å². The number of anilines is 3. The van der Waals surface area contributed by atoms with Crippen molar-refractivity contribution in [1.82, 2.24) is 0 Å². The smallest absolute Gasteiger partial charge is 0.0541 e. The van der Waals surface area contributed by atoms with Crippen LogP contribution in [0, 0.1) is 0 Å². The van der Waals surface area contributed by atoms with Gasteiger partial charge in [-0.25, -0.2) is 0 Å². The molecule has 0 spiro atoms. The standard InChI is InChI=1S/C60H45NS/c1-2-18-40(19-3-1)44-28-14-21-42-22-15-31-52(59(42)44)49-25-7-11-35-56(49)61(57-36-12-8-26-50(57)53-32-17-33-54-51-27-9-13-37-58(51)62-60(53)54)55-34-10-6-24-48(55)46-30-16-29-45-43-23-5-4-20-41(43)38-39-47(45)46/h4-17,20-40H,1-3,18-19H2. The van der Waals surface area contributed by atoms with E-state index in [2.05, 4.69) is 211 Å². The van der Waals surface area contributed by atoms with E-state index in [-0.39, 0.29) is 0 Å². The maximum Gasteiger partial charge on any atom is 0.0541 e. The number of benzene rings is 10. The van der Waals surface area contributed by atoms with Gasteiger partial charge in [0.25, 0.3) is 0 Å². The van der Waals surface area contributed by atoms with Crippen molar-refractivity contribution in [3.05, 3.63) is 212 Å². The van der Waals surface area contributed by atoms with E-state index in [0.717, 1.165) is 17.1 Å². The first kappa shape index (κ1) is 36.8. The zero-order valence-corrected chi connectivity index (χ0v) is 35.4. The summed E-state index contributed by atoms with van der Waals surface area (Å²) >= 11 is 1.90. The van der Waals surface area contributed by atoms with Crippen LogP contribution in [0.4, 0.5) is 17.1 Å². The minimum Gasteiger partial charge on any atom is -0.309 e. The summed E-state index contributed by atoms with van der Waals surface area (Å²) < 4.78 is 2.63. The summed E-state index contributed by atoms with van der Waals surface area (Å²) in [7, 11) is 0. The summed E-state index contributed by atoms with van der Waals surface area (Å²) in [5, 5.41) is 10.4. The summed E-state index contributed by atoms with van der Waals surface area (Å²) in [6, 6.07) is 77.1. The van der Waals surface area contributed by atoms with Gasteiger partial charge in [0.1, 0.15) is 0 Å². The number of hydrogen-bond donors (Lipinski definition) is 0. The van der Waals surface area contributed by atoms with Gasteiger partial charge in [0.05, 0.1) is 17.1 Å². The Labute approximate surface area is 367 Å². The van der Waals surface area contributed by atoms with Crippen molar-refractivity contribution in [2.24, 2.45) is 0 Å². The molecule has 1 aliphatic rings. The van der Waals surface area contributed by atoms with Gasteiger partial charge in [-0.05, 0) is 92.0 Å². The fraction of sp³-hybridized carbons (Fsp3) is 0.100. The van der Waals surface area contributed by atoms with Crippen LogP contribution in [0.1, 0.15) is 43.6 Å². The molecule has 0 bridgehead atoms. The van der Waals surface area contributed by atoms with Crippen LogP contribution >= 0.6 is 11.3 Å². The molecule has 2 heteroatoms. The maximum atomic E-state index is 2.58. The van der Waals surface area contributed by atoms with Crippen LogP contribution in [0.3, 0.4) is 0 Å². The Morgan fingerprint density at radius 3 is 1.61 bits per heavy atom. The number of rotatable bonds is 7. The molecule has 0 aliphatic heterocycles. The third-order valence-electron chi connectivity index (χ3n) is 13.5. The van der Waals surface area contributed by atoms with Crippen LogP contribution in [0.5, 0.6) is 0 Å². The van der Waals surface area contributed by atoms with E-state index in [0.29, 0.717) is 5.92 Å². The van der Waals surface area contributed by atoms with Crippen molar-refractivity contribution in [3.8, 4) is 33.4 Å². The Bertz CT molecular complexity index is 3470. The quantitative estimate of drug-likeness (QED) is 0.145. The molecular weight excluding hydrogens is 767 g/mol. The van der Waals surface area contributed by atoms with E-state index in [1.54, 1.807) is 0 Å². The topological polar surface area (TPSA) is 3.24 Å². The Hall–Kier alpha value is -7.00. The molecule has 0 unspecified atom stereocenters. The molecule has 0 N–H and O–H groups in total. The van der Waals surface area contributed by atoms with E-state index in [1.807, 2.05) is 11.3 Å². The largest absolute Gasteiger partial charge is 0.309 e. The first-order valence-electron chi connectivity index (χ1n) is 22.2. The fourth-order valence-electron chi connectivity index (χ4n) is 10.7. The Morgan fingerprint density at radius 1 is 0.339 bits per heavy atom. The molecule has 12 rings (SSSR count). The van der Waals surface area contributed by atoms with Crippen molar-refractivity contribution in [2.75, 3.05) is 4.90 Å². The minimum absolute atomic E-state index is 0.572. The van der Waals surface area contributed by atoms with Crippen molar-refractivity contribution < 1.29 is 0 Å². The van der Waals surface area contributed by atoms with Crippen molar-refractivity contribution in [1.29, 1.82) is 0 Å². The van der Waals surface area contributed by atoms with Gasteiger partial charge in [-0.2, -0.15) is 0 Å². The molecule has 1 heterocycles. The predicted octanol–water partition coefficient (Wildman–Crippen LogP) is 18.0. The van der Waals surface area contributed by atoms with Crippen LogP contribution < -0.4 is 4.90 Å². The highest BCUT2D eigenvalue weighted by Gasteiger charge is 2.26. The monoisotopic (exact) mass is 811 g/mol. The van der Waals surface area contributed by atoms with Gasteiger partial charge in [-0.1, -0.05) is 201 Å². The van der Waals surface area contributed by atoms with Gasteiger partial charge < -0.3 is 4.90 Å². The first-order chi connectivity index (χ1) is 30.8. The van der Waals surface area contributed by atoms with E-state index < -0.39 is 0 Å². The molecule has 62 heavy (non-hydrogen) atoms.